The first-order valence-electron chi connectivity index (χ1n) is 9.80. The third-order valence-electron chi connectivity index (χ3n) is 5.47. The van der Waals surface area contributed by atoms with Gasteiger partial charge in [-0.25, -0.2) is 4.98 Å². The topological polar surface area (TPSA) is 64.4 Å². The van der Waals surface area contributed by atoms with Crippen molar-refractivity contribution in [3.05, 3.63) is 76.3 Å². The minimum Gasteiger partial charge on any atom is -0.495 e. The van der Waals surface area contributed by atoms with E-state index in [9.17, 15) is 4.79 Å². The number of methoxy groups -OCH3 is 1. The van der Waals surface area contributed by atoms with Gasteiger partial charge in [0, 0.05) is 11.1 Å². The van der Waals surface area contributed by atoms with Crippen molar-refractivity contribution in [2.75, 3.05) is 12.4 Å². The summed E-state index contributed by atoms with van der Waals surface area (Å²) in [6, 6.07) is 15.1. The van der Waals surface area contributed by atoms with E-state index in [0.29, 0.717) is 22.9 Å². The lowest BCUT2D eigenvalue weighted by molar-refractivity contribution is 0.102. The van der Waals surface area contributed by atoms with E-state index in [1.54, 1.807) is 13.2 Å². The number of anilines is 1. The van der Waals surface area contributed by atoms with Crippen LogP contribution in [0, 0.1) is 27.7 Å². The number of benzene rings is 3. The van der Waals surface area contributed by atoms with Crippen LogP contribution in [0.5, 0.6) is 5.75 Å². The first-order valence-corrected chi connectivity index (χ1v) is 9.80. The molecule has 1 aromatic heterocycles. The third-order valence-corrected chi connectivity index (χ3v) is 5.47. The molecule has 0 aliphatic heterocycles. The first-order chi connectivity index (χ1) is 14.4. The van der Waals surface area contributed by atoms with Crippen LogP contribution in [0.15, 0.2) is 52.9 Å². The Morgan fingerprint density at radius 2 is 1.63 bits per heavy atom. The Labute approximate surface area is 175 Å². The van der Waals surface area contributed by atoms with Gasteiger partial charge in [-0.3, -0.25) is 4.79 Å². The Morgan fingerprint density at radius 3 is 2.37 bits per heavy atom. The van der Waals surface area contributed by atoms with Gasteiger partial charge in [-0.05, 0) is 92.4 Å². The molecule has 4 aromatic rings. The second-order valence-electron chi connectivity index (χ2n) is 7.59. The molecule has 3 aromatic carbocycles. The summed E-state index contributed by atoms with van der Waals surface area (Å²) in [4.78, 5) is 17.4. The minimum atomic E-state index is -0.197. The molecule has 1 N–H and O–H groups in total. The molecule has 0 atom stereocenters. The molecule has 30 heavy (non-hydrogen) atoms. The Bertz CT molecular complexity index is 1230. The Morgan fingerprint density at radius 1 is 0.900 bits per heavy atom. The van der Waals surface area contributed by atoms with Gasteiger partial charge in [-0.1, -0.05) is 6.07 Å². The molecule has 5 heteroatoms. The van der Waals surface area contributed by atoms with E-state index in [2.05, 4.69) is 17.2 Å². The molecular formula is C25H24N2O3. The van der Waals surface area contributed by atoms with Gasteiger partial charge in [0.2, 0.25) is 5.89 Å². The predicted molar refractivity (Wildman–Crippen MR) is 119 cm³/mol. The zero-order valence-electron chi connectivity index (χ0n) is 17.8. The van der Waals surface area contributed by atoms with Gasteiger partial charge >= 0.3 is 0 Å². The number of ether oxygens (including phenoxy) is 1. The van der Waals surface area contributed by atoms with Gasteiger partial charge in [0.05, 0.1) is 12.8 Å². The SMILES string of the molecule is COc1ccc(-c2nc3cc(C)c(C)cc3o2)cc1NC(=O)c1ccc(C)c(C)c1. The average molecular weight is 400 g/mol. The molecule has 0 radical (unpaired) electrons. The van der Waals surface area contributed by atoms with Crippen molar-refractivity contribution in [2.45, 2.75) is 27.7 Å². The summed E-state index contributed by atoms with van der Waals surface area (Å²) >= 11 is 0. The Kier molecular flexibility index (Phi) is 5.04. The molecule has 5 nitrogen and oxygen atoms in total. The maximum absolute atomic E-state index is 12.8. The van der Waals surface area contributed by atoms with Gasteiger partial charge in [0.15, 0.2) is 5.58 Å². The van der Waals surface area contributed by atoms with Crippen molar-refractivity contribution in [1.82, 2.24) is 4.98 Å². The number of hydrogen-bond acceptors (Lipinski definition) is 4. The standard InChI is InChI=1S/C25H24N2O3/c1-14-6-7-18(10-15(14)2)24(28)26-21-13-19(8-9-22(21)29-5)25-27-20-11-16(3)17(4)12-23(20)30-25/h6-13H,1-5H3,(H,26,28). The molecule has 0 saturated heterocycles. The van der Waals surface area contributed by atoms with Crippen LogP contribution in [0.25, 0.3) is 22.6 Å². The van der Waals surface area contributed by atoms with Crippen LogP contribution in [0.4, 0.5) is 5.69 Å². The normalized spacial score (nSPS) is 11.0. The first kappa shape index (κ1) is 19.7. The average Bonchev–Trinajstić information content (AvgIpc) is 3.13. The van der Waals surface area contributed by atoms with E-state index in [0.717, 1.165) is 33.4 Å². The number of aromatic nitrogens is 1. The van der Waals surface area contributed by atoms with Crippen LogP contribution >= 0.6 is 0 Å². The fourth-order valence-corrected chi connectivity index (χ4v) is 3.32. The zero-order chi connectivity index (χ0) is 21.4. The summed E-state index contributed by atoms with van der Waals surface area (Å²) in [5.41, 5.74) is 8.01. The largest absolute Gasteiger partial charge is 0.495 e. The summed E-state index contributed by atoms with van der Waals surface area (Å²) in [6.07, 6.45) is 0. The van der Waals surface area contributed by atoms with Gasteiger partial charge in [-0.15, -0.1) is 0 Å². The van der Waals surface area contributed by atoms with Crippen LogP contribution < -0.4 is 10.1 Å². The van der Waals surface area contributed by atoms with E-state index >= 15 is 0 Å². The van der Waals surface area contributed by atoms with Gasteiger partial charge < -0.3 is 14.5 Å². The van der Waals surface area contributed by atoms with E-state index in [1.807, 2.05) is 63.2 Å². The van der Waals surface area contributed by atoms with Crippen molar-refractivity contribution in [1.29, 1.82) is 0 Å². The number of aryl methyl sites for hydroxylation is 4. The minimum absolute atomic E-state index is 0.197. The Balaban J connectivity index is 1.70. The van der Waals surface area contributed by atoms with Crippen molar-refractivity contribution in [3.63, 3.8) is 0 Å². The Hall–Kier alpha value is -3.60. The summed E-state index contributed by atoms with van der Waals surface area (Å²) in [5.74, 6) is 0.871. The molecule has 0 spiro atoms. The highest BCUT2D eigenvalue weighted by molar-refractivity contribution is 6.05. The van der Waals surface area contributed by atoms with Crippen LogP contribution in [-0.2, 0) is 0 Å². The van der Waals surface area contributed by atoms with Crippen molar-refractivity contribution in [3.8, 4) is 17.2 Å². The van der Waals surface area contributed by atoms with E-state index < -0.39 is 0 Å². The number of fused-ring (bicyclic) bond motifs is 1. The lowest BCUT2D eigenvalue weighted by atomic mass is 10.1. The van der Waals surface area contributed by atoms with Crippen molar-refractivity contribution >= 4 is 22.7 Å². The van der Waals surface area contributed by atoms with Crippen LogP contribution in [0.2, 0.25) is 0 Å². The number of nitrogens with one attached hydrogen (secondary N) is 1. The monoisotopic (exact) mass is 400 g/mol. The van der Waals surface area contributed by atoms with E-state index in [-0.39, 0.29) is 5.91 Å². The fraction of sp³-hybridized carbons (Fsp3) is 0.200. The molecule has 152 valence electrons. The molecule has 0 saturated carbocycles. The molecule has 0 unspecified atom stereocenters. The molecule has 0 aliphatic carbocycles. The zero-order valence-corrected chi connectivity index (χ0v) is 17.8. The number of amides is 1. The molecule has 0 aliphatic rings. The molecular weight excluding hydrogens is 376 g/mol. The number of oxazole rings is 1. The van der Waals surface area contributed by atoms with E-state index in [1.165, 1.54) is 5.56 Å². The van der Waals surface area contributed by atoms with Crippen LogP contribution in [-0.4, -0.2) is 18.0 Å². The quantitative estimate of drug-likeness (QED) is 0.457. The number of hydrogen-bond donors (Lipinski definition) is 1. The lowest BCUT2D eigenvalue weighted by Crippen LogP contribution is -2.13. The third kappa shape index (κ3) is 3.66. The molecule has 0 fully saturated rings. The molecule has 0 bridgehead atoms. The number of carbonyl (C=O) groups is 1. The number of rotatable bonds is 4. The second-order valence-corrected chi connectivity index (χ2v) is 7.59. The van der Waals surface area contributed by atoms with Crippen molar-refractivity contribution in [2.24, 2.45) is 0 Å². The summed E-state index contributed by atoms with van der Waals surface area (Å²) < 4.78 is 11.4. The summed E-state index contributed by atoms with van der Waals surface area (Å²) in [5, 5.41) is 2.95. The highest BCUT2D eigenvalue weighted by Gasteiger charge is 2.15. The van der Waals surface area contributed by atoms with Gasteiger partial charge in [-0.2, -0.15) is 0 Å². The predicted octanol–water partition coefficient (Wildman–Crippen LogP) is 5.99. The molecule has 4 rings (SSSR count). The highest BCUT2D eigenvalue weighted by Crippen LogP contribution is 2.33. The molecule has 1 heterocycles. The molecule has 1 amide bonds. The lowest BCUT2D eigenvalue weighted by Gasteiger charge is -2.12. The van der Waals surface area contributed by atoms with Gasteiger partial charge in [0.1, 0.15) is 11.3 Å². The number of carbonyl (C=O) groups excluding carboxylic acids is 1. The van der Waals surface area contributed by atoms with E-state index in [4.69, 9.17) is 9.15 Å². The highest BCUT2D eigenvalue weighted by atomic mass is 16.5. The van der Waals surface area contributed by atoms with Crippen molar-refractivity contribution < 1.29 is 13.9 Å². The summed E-state index contributed by atoms with van der Waals surface area (Å²) in [6.45, 7) is 8.11. The van der Waals surface area contributed by atoms with Crippen LogP contribution in [0.3, 0.4) is 0 Å². The maximum atomic E-state index is 12.8. The summed E-state index contributed by atoms with van der Waals surface area (Å²) in [7, 11) is 1.58. The fourth-order valence-electron chi connectivity index (χ4n) is 3.32. The van der Waals surface area contributed by atoms with Gasteiger partial charge in [0.25, 0.3) is 5.91 Å². The number of nitrogens with zero attached hydrogens (tertiary/aromatic N) is 1. The maximum Gasteiger partial charge on any atom is 0.255 e. The second kappa shape index (κ2) is 7.67. The van der Waals surface area contributed by atoms with Crippen LogP contribution in [0.1, 0.15) is 32.6 Å². The smallest absolute Gasteiger partial charge is 0.255 e.